The maximum atomic E-state index is 12.6. The second kappa shape index (κ2) is 11.2. The van der Waals surface area contributed by atoms with Crippen LogP contribution in [0, 0.1) is 81.3 Å². The number of hydrogen-bond acceptors (Lipinski definition) is 5. The van der Waals surface area contributed by atoms with Gasteiger partial charge < -0.3 is 25.5 Å². The van der Waals surface area contributed by atoms with Gasteiger partial charge in [-0.1, -0.05) is 74.7 Å². The molecule has 0 radical (unpaired) electrons. The molecule has 5 saturated carbocycles. The van der Waals surface area contributed by atoms with Crippen molar-refractivity contribution in [3.63, 3.8) is 0 Å². The molecule has 0 saturated heterocycles. The maximum absolute atomic E-state index is 12.6. The fourth-order valence-corrected chi connectivity index (χ4v) is 13.4. The zero-order valence-corrected chi connectivity index (χ0v) is 28.4. The van der Waals surface area contributed by atoms with Gasteiger partial charge in [-0.3, -0.25) is 0 Å². The molecule has 5 fully saturated rings. The molecule has 0 aromatic carbocycles. The lowest BCUT2D eigenvalue weighted by molar-refractivity contribution is -0.284. The van der Waals surface area contributed by atoms with Gasteiger partial charge in [0.05, 0.1) is 18.3 Å². The highest BCUT2D eigenvalue weighted by molar-refractivity contribution is 5.19. The number of rotatable bonds is 5. The van der Waals surface area contributed by atoms with E-state index in [9.17, 15) is 25.5 Å². The van der Waals surface area contributed by atoms with Gasteiger partial charge in [-0.05, 0) is 110 Å². The van der Waals surface area contributed by atoms with Crippen molar-refractivity contribution in [1.29, 1.82) is 0 Å². The minimum atomic E-state index is -1.63. The summed E-state index contributed by atoms with van der Waals surface area (Å²) in [5, 5.41) is 58.3. The third-order valence-corrected chi connectivity index (χ3v) is 15.5. The van der Waals surface area contributed by atoms with Gasteiger partial charge in [0, 0.05) is 23.7 Å². The minimum Gasteiger partial charge on any atom is -0.393 e. The molecule has 5 heteroatoms. The van der Waals surface area contributed by atoms with Crippen molar-refractivity contribution in [3.05, 3.63) is 0 Å². The van der Waals surface area contributed by atoms with Crippen molar-refractivity contribution in [2.24, 2.45) is 81.3 Å². The second-order valence-electron chi connectivity index (χ2n) is 18.0. The Labute approximate surface area is 257 Å². The van der Waals surface area contributed by atoms with Gasteiger partial charge in [0.1, 0.15) is 0 Å². The summed E-state index contributed by atoms with van der Waals surface area (Å²) in [5.74, 6) is 0.443. The van der Waals surface area contributed by atoms with Crippen molar-refractivity contribution in [2.45, 2.75) is 151 Å². The summed E-state index contributed by atoms with van der Waals surface area (Å²) in [5.41, 5.74) is -0.497. The van der Waals surface area contributed by atoms with E-state index >= 15 is 0 Å². The Bertz CT molecular complexity index is 958. The van der Waals surface area contributed by atoms with Crippen molar-refractivity contribution in [3.8, 4) is 0 Å². The normalized spacial score (nSPS) is 52.8. The van der Waals surface area contributed by atoms with Gasteiger partial charge >= 0.3 is 0 Å². The van der Waals surface area contributed by atoms with Crippen LogP contribution >= 0.6 is 0 Å². The van der Waals surface area contributed by atoms with Crippen molar-refractivity contribution < 1.29 is 25.5 Å². The molecular formula is C37H66O5. The summed E-state index contributed by atoms with van der Waals surface area (Å²) in [7, 11) is 0. The number of fused-ring (bicyclic) bond motifs is 3. The quantitative estimate of drug-likeness (QED) is 0.231. The van der Waals surface area contributed by atoms with Crippen LogP contribution in [0.3, 0.4) is 0 Å². The molecule has 5 rings (SSSR count). The summed E-state index contributed by atoms with van der Waals surface area (Å²) in [4.78, 5) is 0. The molecule has 0 aromatic rings. The van der Waals surface area contributed by atoms with Crippen LogP contribution < -0.4 is 0 Å². The Balaban J connectivity index is 1.49. The monoisotopic (exact) mass is 590 g/mol. The molecule has 0 bridgehead atoms. The van der Waals surface area contributed by atoms with Gasteiger partial charge in [-0.15, -0.1) is 0 Å². The van der Waals surface area contributed by atoms with Gasteiger partial charge in [0.15, 0.2) is 5.79 Å². The summed E-state index contributed by atoms with van der Waals surface area (Å²) < 4.78 is 0. The zero-order chi connectivity index (χ0) is 31.2. The summed E-state index contributed by atoms with van der Waals surface area (Å²) in [6.07, 6.45) is 8.03. The summed E-state index contributed by atoms with van der Waals surface area (Å²) in [6.45, 7) is 20.4. The van der Waals surface area contributed by atoms with Crippen molar-refractivity contribution in [1.82, 2.24) is 0 Å². The van der Waals surface area contributed by atoms with Crippen LogP contribution in [0.5, 0.6) is 0 Å². The smallest absolute Gasteiger partial charge is 0.165 e. The molecule has 0 heterocycles. The number of aliphatic hydroxyl groups excluding tert-OH is 3. The van der Waals surface area contributed by atoms with Gasteiger partial charge in [-0.25, -0.2) is 0 Å². The molecule has 15 atom stereocenters. The van der Waals surface area contributed by atoms with Crippen LogP contribution in [0.15, 0.2) is 0 Å². The van der Waals surface area contributed by atoms with Crippen LogP contribution in [0.1, 0.15) is 127 Å². The second-order valence-corrected chi connectivity index (χ2v) is 18.0. The Kier molecular flexibility index (Phi) is 8.88. The topological polar surface area (TPSA) is 101 Å². The van der Waals surface area contributed by atoms with E-state index in [1.807, 2.05) is 6.92 Å². The van der Waals surface area contributed by atoms with Crippen LogP contribution in [0.2, 0.25) is 0 Å². The SMILES string of the molecule is CC(C)C1CC(CC(O)(O)C2CCCCC2)C(C)C2C(O)C3C(C)[C@]4(C)C(O)C(C(C)O)C(C)C[C@]4(C)C[C@]3(C)CC12. The first-order chi connectivity index (χ1) is 19.4. The molecule has 0 amide bonds. The molecule has 5 aliphatic rings. The Morgan fingerprint density at radius 1 is 0.905 bits per heavy atom. The van der Waals surface area contributed by atoms with Gasteiger partial charge in [0.2, 0.25) is 0 Å². The predicted molar refractivity (Wildman–Crippen MR) is 168 cm³/mol. The highest BCUT2D eigenvalue weighted by atomic mass is 16.5. The minimum absolute atomic E-state index is 0.0229. The molecule has 12 unspecified atom stereocenters. The molecule has 0 aliphatic heterocycles. The first kappa shape index (κ1) is 33.2. The first-order valence-electron chi connectivity index (χ1n) is 17.9. The predicted octanol–water partition coefficient (Wildman–Crippen LogP) is 6.64. The van der Waals surface area contributed by atoms with Crippen molar-refractivity contribution in [2.75, 3.05) is 0 Å². The van der Waals surface area contributed by atoms with E-state index in [1.165, 1.54) is 6.42 Å². The Morgan fingerprint density at radius 2 is 1.52 bits per heavy atom. The van der Waals surface area contributed by atoms with Gasteiger partial charge in [0.25, 0.3) is 0 Å². The molecule has 5 N–H and O–H groups in total. The highest BCUT2D eigenvalue weighted by Crippen LogP contribution is 2.73. The molecular weight excluding hydrogens is 524 g/mol. The van der Waals surface area contributed by atoms with E-state index in [0.29, 0.717) is 24.2 Å². The average Bonchev–Trinajstić information content (AvgIpc) is 2.87. The zero-order valence-electron chi connectivity index (χ0n) is 28.4. The van der Waals surface area contributed by atoms with E-state index in [1.54, 1.807) is 0 Å². The fourth-order valence-electron chi connectivity index (χ4n) is 13.4. The molecule has 5 nitrogen and oxygen atoms in total. The van der Waals surface area contributed by atoms with E-state index in [0.717, 1.165) is 51.4 Å². The molecule has 5 aliphatic carbocycles. The molecule has 0 spiro atoms. The average molecular weight is 591 g/mol. The standard InChI is InChI=1S/C37H66O5/c1-20(2)27-15-25(17-37(41,42)26-13-11-10-12-14-26)22(4)30-28(27)18-34(7)19-35(8)16-21(3)29(24(6)38)33(40)36(35,9)23(5)31(34)32(30)39/h20-33,38-42H,10-19H2,1-9H3/t21?,22?,23?,24?,25?,27?,28?,29?,30?,31?,32?,33?,34-,35+,36+/m0/s1. The van der Waals surface area contributed by atoms with Gasteiger partial charge in [-0.2, -0.15) is 0 Å². The molecule has 42 heavy (non-hydrogen) atoms. The summed E-state index contributed by atoms with van der Waals surface area (Å²) >= 11 is 0. The highest BCUT2D eigenvalue weighted by Gasteiger charge is 2.70. The lowest BCUT2D eigenvalue weighted by Crippen LogP contribution is -2.70. The third-order valence-electron chi connectivity index (χ3n) is 15.5. The van der Waals surface area contributed by atoms with E-state index in [4.69, 9.17) is 0 Å². The van der Waals surface area contributed by atoms with E-state index in [-0.39, 0.29) is 58.2 Å². The van der Waals surface area contributed by atoms with Crippen LogP contribution in [0.25, 0.3) is 0 Å². The van der Waals surface area contributed by atoms with E-state index < -0.39 is 29.5 Å². The lowest BCUT2D eigenvalue weighted by atomic mass is 9.33. The van der Waals surface area contributed by atoms with Crippen LogP contribution in [-0.4, -0.2) is 49.6 Å². The lowest BCUT2D eigenvalue weighted by Gasteiger charge is -2.72. The number of hydrogen-bond donors (Lipinski definition) is 5. The van der Waals surface area contributed by atoms with Crippen LogP contribution in [0.4, 0.5) is 0 Å². The third kappa shape index (κ3) is 4.97. The molecule has 0 aromatic heterocycles. The van der Waals surface area contributed by atoms with Crippen LogP contribution in [-0.2, 0) is 0 Å². The fraction of sp³-hybridized carbons (Fsp3) is 1.00. The largest absolute Gasteiger partial charge is 0.393 e. The van der Waals surface area contributed by atoms with E-state index in [2.05, 4.69) is 55.4 Å². The molecule has 244 valence electrons. The Hall–Kier alpha value is -0.200. The van der Waals surface area contributed by atoms with Crippen molar-refractivity contribution >= 4 is 0 Å². The maximum Gasteiger partial charge on any atom is 0.165 e. The number of aliphatic hydroxyl groups is 5. The first-order valence-corrected chi connectivity index (χ1v) is 17.9. The summed E-state index contributed by atoms with van der Waals surface area (Å²) in [6, 6.07) is 0. The Morgan fingerprint density at radius 3 is 2.10 bits per heavy atom.